The molecule has 0 fully saturated rings. The van der Waals surface area contributed by atoms with E-state index in [9.17, 15) is 9.18 Å². The quantitative estimate of drug-likeness (QED) is 0.203. The van der Waals surface area contributed by atoms with Crippen LogP contribution in [0.2, 0.25) is 10.0 Å². The van der Waals surface area contributed by atoms with Gasteiger partial charge in [-0.25, -0.2) is 23.5 Å². The second-order valence-corrected chi connectivity index (χ2v) is 9.19. The molecule has 0 spiro atoms. The van der Waals surface area contributed by atoms with Gasteiger partial charge in [0.15, 0.2) is 23.1 Å². The van der Waals surface area contributed by atoms with E-state index in [0.717, 1.165) is 0 Å². The molecule has 40 heavy (non-hydrogen) atoms. The Bertz CT molecular complexity index is 1740. The van der Waals surface area contributed by atoms with Crippen LogP contribution in [0.3, 0.4) is 0 Å². The van der Waals surface area contributed by atoms with Crippen molar-refractivity contribution in [3.63, 3.8) is 0 Å². The second kappa shape index (κ2) is 11.8. The van der Waals surface area contributed by atoms with Crippen LogP contribution in [0.1, 0.15) is 21.6 Å². The third kappa shape index (κ3) is 5.63. The highest BCUT2D eigenvalue weighted by atomic mass is 35.5. The van der Waals surface area contributed by atoms with Gasteiger partial charge in [0.2, 0.25) is 0 Å². The first-order valence-electron chi connectivity index (χ1n) is 11.8. The molecule has 0 aliphatic carbocycles. The molecule has 2 heterocycles. The summed E-state index contributed by atoms with van der Waals surface area (Å²) in [6.45, 7) is -0.149. The van der Waals surface area contributed by atoms with Crippen LogP contribution in [0.5, 0.6) is 5.75 Å². The van der Waals surface area contributed by atoms with Crippen molar-refractivity contribution in [2.24, 2.45) is 0 Å². The molecule has 0 amide bonds. The number of nitrogens with zero attached hydrogens (tertiary/aromatic N) is 4. The van der Waals surface area contributed by atoms with Crippen LogP contribution in [0.25, 0.3) is 22.4 Å². The first kappa shape index (κ1) is 27.2. The summed E-state index contributed by atoms with van der Waals surface area (Å²) in [5, 5.41) is 2.76. The van der Waals surface area contributed by atoms with Gasteiger partial charge in [0.25, 0.3) is 0 Å². The largest absolute Gasteiger partial charge is 0.492 e. The Morgan fingerprint density at radius 2 is 1.75 bits per heavy atom. The van der Waals surface area contributed by atoms with Crippen LogP contribution < -0.4 is 10.1 Å². The van der Waals surface area contributed by atoms with Crippen LogP contribution in [0, 0.1) is 11.6 Å². The van der Waals surface area contributed by atoms with Crippen molar-refractivity contribution in [3.8, 4) is 17.1 Å². The predicted octanol–water partition coefficient (Wildman–Crippen LogP) is 6.65. The van der Waals surface area contributed by atoms with Crippen LogP contribution in [0.4, 0.5) is 14.6 Å². The molecule has 0 saturated carbocycles. The Labute approximate surface area is 236 Å². The zero-order valence-electron chi connectivity index (χ0n) is 20.8. The number of benzene rings is 3. The summed E-state index contributed by atoms with van der Waals surface area (Å²) < 4.78 is 40.0. The Hall–Kier alpha value is -4.41. The van der Waals surface area contributed by atoms with Gasteiger partial charge in [0.05, 0.1) is 28.7 Å². The van der Waals surface area contributed by atoms with Gasteiger partial charge < -0.3 is 14.8 Å². The highest BCUT2D eigenvalue weighted by Gasteiger charge is 2.24. The number of carbonyl (C=O) groups is 1. The number of hydrogen-bond acceptors (Lipinski definition) is 8. The fourth-order valence-electron chi connectivity index (χ4n) is 3.85. The number of aromatic nitrogens is 4. The fourth-order valence-corrected chi connectivity index (χ4v) is 4.30. The van der Waals surface area contributed by atoms with E-state index >= 15 is 4.39 Å². The monoisotopic (exact) mass is 581 g/mol. The maximum atomic E-state index is 15.3. The van der Waals surface area contributed by atoms with E-state index in [-0.39, 0.29) is 51.8 Å². The van der Waals surface area contributed by atoms with Crippen molar-refractivity contribution in [2.45, 2.75) is 13.2 Å². The molecule has 2 aromatic heterocycles. The molecule has 5 aromatic rings. The highest BCUT2D eigenvalue weighted by molar-refractivity contribution is 6.35. The van der Waals surface area contributed by atoms with E-state index in [1.54, 1.807) is 48.8 Å². The summed E-state index contributed by atoms with van der Waals surface area (Å²) in [6, 6.07) is 14.1. The maximum Gasteiger partial charge on any atom is 0.359 e. The van der Waals surface area contributed by atoms with E-state index in [1.165, 1.54) is 25.3 Å². The summed E-state index contributed by atoms with van der Waals surface area (Å²) in [5.41, 5.74) is 1.86. The van der Waals surface area contributed by atoms with E-state index < -0.39 is 17.6 Å². The number of fused-ring (bicyclic) bond motifs is 1. The van der Waals surface area contributed by atoms with Crippen molar-refractivity contribution in [1.82, 2.24) is 19.9 Å². The zero-order valence-corrected chi connectivity index (χ0v) is 22.3. The van der Waals surface area contributed by atoms with E-state index in [1.807, 2.05) is 0 Å². The lowest BCUT2D eigenvalue weighted by molar-refractivity contribution is 0.0466. The van der Waals surface area contributed by atoms with Crippen molar-refractivity contribution >= 4 is 46.0 Å². The van der Waals surface area contributed by atoms with Crippen molar-refractivity contribution in [1.29, 1.82) is 0 Å². The molecule has 1 N–H and O–H groups in total. The number of anilines is 1. The Morgan fingerprint density at radius 1 is 0.975 bits per heavy atom. The number of ether oxygens (including phenoxy) is 2. The lowest BCUT2D eigenvalue weighted by Gasteiger charge is -2.14. The van der Waals surface area contributed by atoms with Gasteiger partial charge in [-0.05, 0) is 35.9 Å². The van der Waals surface area contributed by atoms with E-state index in [0.29, 0.717) is 22.2 Å². The van der Waals surface area contributed by atoms with Gasteiger partial charge in [-0.1, -0.05) is 47.5 Å². The van der Waals surface area contributed by atoms with E-state index in [2.05, 4.69) is 25.3 Å². The standard InChI is InChI=1S/C28H19Cl2F2N5O3/c1-39-25-18(29)8-7-17(23(25)32)26-36-24(22(30)27(37-26)35-13-16-4-2-3-5-19(16)31)28(38)40-14-15-6-9-20-21(12-15)34-11-10-33-20/h2-12H,13-14H2,1H3,(H,35,36,37). The SMILES string of the molecule is COc1c(Cl)ccc(-c2nc(NCc3ccccc3F)c(Cl)c(C(=O)OCc3ccc4nccnc4c3)n2)c1F. The summed E-state index contributed by atoms with van der Waals surface area (Å²) in [5.74, 6) is -2.62. The number of rotatable bonds is 8. The summed E-state index contributed by atoms with van der Waals surface area (Å²) in [4.78, 5) is 30.2. The molecular formula is C28H19Cl2F2N5O3. The fraction of sp³-hybridized carbons (Fsp3) is 0.107. The molecule has 8 nitrogen and oxygen atoms in total. The number of halogens is 4. The third-order valence-corrected chi connectivity index (χ3v) is 6.50. The number of methoxy groups -OCH3 is 1. The zero-order chi connectivity index (χ0) is 28.2. The number of hydrogen-bond donors (Lipinski definition) is 1. The molecule has 0 unspecified atom stereocenters. The molecule has 0 bridgehead atoms. The number of nitrogens with one attached hydrogen (secondary N) is 1. The van der Waals surface area contributed by atoms with E-state index in [4.69, 9.17) is 32.7 Å². The van der Waals surface area contributed by atoms with Crippen LogP contribution in [-0.4, -0.2) is 33.0 Å². The van der Waals surface area contributed by atoms with Crippen LogP contribution in [-0.2, 0) is 17.9 Å². The Morgan fingerprint density at radius 3 is 2.52 bits per heavy atom. The van der Waals surface area contributed by atoms with Crippen molar-refractivity contribution in [3.05, 3.63) is 105 Å². The van der Waals surface area contributed by atoms with Gasteiger partial charge in [-0.2, -0.15) is 0 Å². The topological polar surface area (TPSA) is 99.1 Å². The maximum absolute atomic E-state index is 15.3. The first-order chi connectivity index (χ1) is 19.4. The summed E-state index contributed by atoms with van der Waals surface area (Å²) in [6.07, 6.45) is 3.13. The third-order valence-electron chi connectivity index (χ3n) is 5.85. The molecule has 0 radical (unpaired) electrons. The number of esters is 1. The van der Waals surface area contributed by atoms with Gasteiger partial charge in [0, 0.05) is 24.5 Å². The molecule has 3 aromatic carbocycles. The molecule has 202 valence electrons. The normalized spacial score (nSPS) is 10.9. The molecule has 0 atom stereocenters. The van der Waals surface area contributed by atoms with Crippen molar-refractivity contribution in [2.75, 3.05) is 12.4 Å². The minimum absolute atomic E-state index is 0.0259. The van der Waals surface area contributed by atoms with Crippen LogP contribution >= 0.6 is 23.2 Å². The number of carbonyl (C=O) groups excluding carboxylic acids is 1. The lowest BCUT2D eigenvalue weighted by Crippen LogP contribution is -2.13. The Balaban J connectivity index is 1.49. The van der Waals surface area contributed by atoms with Crippen LogP contribution in [0.15, 0.2) is 67.0 Å². The molecule has 5 rings (SSSR count). The van der Waals surface area contributed by atoms with Gasteiger partial charge in [0.1, 0.15) is 23.3 Å². The summed E-state index contributed by atoms with van der Waals surface area (Å²) >= 11 is 12.6. The minimum Gasteiger partial charge on any atom is -0.492 e. The first-order valence-corrected chi connectivity index (χ1v) is 12.5. The molecule has 0 aliphatic heterocycles. The van der Waals surface area contributed by atoms with Crippen molar-refractivity contribution < 1.29 is 23.0 Å². The predicted molar refractivity (Wildman–Crippen MR) is 146 cm³/mol. The average Bonchev–Trinajstić information content (AvgIpc) is 2.96. The lowest BCUT2D eigenvalue weighted by atomic mass is 10.1. The second-order valence-electron chi connectivity index (χ2n) is 8.40. The minimum atomic E-state index is -0.886. The molecule has 0 aliphatic rings. The molecule has 0 saturated heterocycles. The van der Waals surface area contributed by atoms with Gasteiger partial charge in [-0.3, -0.25) is 9.97 Å². The molecular weight excluding hydrogens is 563 g/mol. The smallest absolute Gasteiger partial charge is 0.359 e. The average molecular weight is 582 g/mol. The Kier molecular flexibility index (Phi) is 7.99. The highest BCUT2D eigenvalue weighted by Crippen LogP contribution is 2.35. The van der Waals surface area contributed by atoms with Gasteiger partial charge >= 0.3 is 5.97 Å². The molecule has 12 heteroatoms. The summed E-state index contributed by atoms with van der Waals surface area (Å²) in [7, 11) is 1.26. The van der Waals surface area contributed by atoms with Gasteiger partial charge in [-0.15, -0.1) is 0 Å².